The summed E-state index contributed by atoms with van der Waals surface area (Å²) in [5, 5.41) is 0.386. The van der Waals surface area contributed by atoms with E-state index in [4.69, 9.17) is 0 Å². The summed E-state index contributed by atoms with van der Waals surface area (Å²) in [5.74, 6) is 0.703. The second-order valence-electron chi connectivity index (χ2n) is 4.38. The smallest absolute Gasteiger partial charge is 0.0499 e. The monoisotopic (exact) mass is 221 g/mol. The highest BCUT2D eigenvalue weighted by Gasteiger charge is 2.22. The quantitative estimate of drug-likeness (QED) is 0.751. The van der Waals surface area contributed by atoms with Gasteiger partial charge in [-0.25, -0.2) is 0 Å². The minimum atomic E-state index is 0.386. The van der Waals surface area contributed by atoms with Crippen LogP contribution in [0.4, 0.5) is 0 Å². The first-order chi connectivity index (χ1) is 7.27. The summed E-state index contributed by atoms with van der Waals surface area (Å²) in [4.78, 5) is 2.46. The molecule has 1 fully saturated rings. The predicted octanol–water partition coefficient (Wildman–Crippen LogP) is 3.14. The van der Waals surface area contributed by atoms with Crippen molar-refractivity contribution in [3.05, 3.63) is 35.9 Å². The Labute approximate surface area is 97.9 Å². The highest BCUT2D eigenvalue weighted by Crippen LogP contribution is 2.27. The average molecular weight is 221 g/mol. The molecule has 15 heavy (non-hydrogen) atoms. The fourth-order valence-electron chi connectivity index (χ4n) is 2.34. The molecule has 1 aliphatic heterocycles. The van der Waals surface area contributed by atoms with E-state index in [2.05, 4.69) is 54.8 Å². The van der Waals surface area contributed by atoms with Crippen molar-refractivity contribution in [1.82, 2.24) is 4.90 Å². The van der Waals surface area contributed by atoms with Gasteiger partial charge in [-0.3, -0.25) is 4.90 Å². The van der Waals surface area contributed by atoms with Crippen LogP contribution in [0.2, 0.25) is 0 Å². The van der Waals surface area contributed by atoms with E-state index < -0.39 is 0 Å². The third-order valence-corrected chi connectivity index (χ3v) is 3.58. The van der Waals surface area contributed by atoms with Crippen LogP contribution in [0, 0.1) is 0 Å². The van der Waals surface area contributed by atoms with Crippen molar-refractivity contribution >= 4 is 12.6 Å². The van der Waals surface area contributed by atoms with Gasteiger partial charge >= 0.3 is 0 Å². The normalized spacial score (nSPS) is 25.1. The molecule has 0 radical (unpaired) electrons. The van der Waals surface area contributed by atoms with Gasteiger partial charge in [0.1, 0.15) is 0 Å². The maximum atomic E-state index is 4.52. The van der Waals surface area contributed by atoms with E-state index in [1.165, 1.54) is 24.9 Å². The highest BCUT2D eigenvalue weighted by molar-refractivity contribution is 7.80. The summed E-state index contributed by atoms with van der Waals surface area (Å²) in [6.07, 6.45) is 2.62. The molecular formula is C13H19NS. The summed E-state index contributed by atoms with van der Waals surface area (Å²) in [6, 6.07) is 10.9. The zero-order chi connectivity index (χ0) is 10.7. The van der Waals surface area contributed by atoms with Gasteiger partial charge in [-0.05, 0) is 37.8 Å². The number of benzene rings is 1. The van der Waals surface area contributed by atoms with E-state index in [9.17, 15) is 0 Å². The lowest BCUT2D eigenvalue weighted by molar-refractivity contribution is 0.203. The third kappa shape index (κ3) is 2.76. The first-order valence-electron chi connectivity index (χ1n) is 5.74. The van der Waals surface area contributed by atoms with Gasteiger partial charge in [0.05, 0.1) is 0 Å². The molecule has 0 N–H and O–H groups in total. The van der Waals surface area contributed by atoms with E-state index in [1.54, 1.807) is 0 Å². The summed E-state index contributed by atoms with van der Waals surface area (Å²) in [5.41, 5.74) is 1.48. The summed E-state index contributed by atoms with van der Waals surface area (Å²) in [7, 11) is 0. The highest BCUT2D eigenvalue weighted by atomic mass is 32.1. The van der Waals surface area contributed by atoms with Gasteiger partial charge < -0.3 is 0 Å². The molecule has 2 heteroatoms. The lowest BCUT2D eigenvalue weighted by Gasteiger charge is -2.35. The van der Waals surface area contributed by atoms with Crippen molar-refractivity contribution < 1.29 is 0 Å². The van der Waals surface area contributed by atoms with Crippen molar-refractivity contribution in [3.8, 4) is 0 Å². The number of piperidine rings is 1. The second kappa shape index (κ2) is 5.04. The van der Waals surface area contributed by atoms with Crippen LogP contribution in [0.15, 0.2) is 30.3 Å². The van der Waals surface area contributed by atoms with Crippen LogP contribution < -0.4 is 0 Å². The molecule has 1 saturated heterocycles. The molecule has 2 unspecified atom stereocenters. The van der Waals surface area contributed by atoms with Crippen molar-refractivity contribution in [2.75, 3.05) is 13.1 Å². The number of likely N-dealkylation sites (tertiary alicyclic amines) is 1. The molecule has 82 valence electrons. The molecule has 1 aromatic carbocycles. The Morgan fingerprint density at radius 2 is 2.07 bits per heavy atom. The Kier molecular flexibility index (Phi) is 3.71. The molecule has 2 rings (SSSR count). The Morgan fingerprint density at radius 1 is 1.33 bits per heavy atom. The molecule has 0 saturated carbocycles. The van der Waals surface area contributed by atoms with Crippen LogP contribution >= 0.6 is 12.6 Å². The standard InChI is InChI=1S/C13H19NS/c1-11(15)14-9-5-8-13(10-14)12-6-3-2-4-7-12/h2-4,6-7,11,13,15H,5,8-10H2,1H3. The first-order valence-corrected chi connectivity index (χ1v) is 6.26. The van der Waals surface area contributed by atoms with E-state index in [1.807, 2.05) is 0 Å². The van der Waals surface area contributed by atoms with Crippen LogP contribution in [0.3, 0.4) is 0 Å². The number of thiol groups is 1. The second-order valence-corrected chi connectivity index (χ2v) is 5.12. The minimum absolute atomic E-state index is 0.386. The molecule has 1 nitrogen and oxygen atoms in total. The Balaban J connectivity index is 2.05. The lowest BCUT2D eigenvalue weighted by Crippen LogP contribution is -2.38. The topological polar surface area (TPSA) is 3.24 Å². The van der Waals surface area contributed by atoms with E-state index in [-0.39, 0.29) is 0 Å². The number of rotatable bonds is 2. The largest absolute Gasteiger partial charge is 0.291 e. The maximum Gasteiger partial charge on any atom is 0.0499 e. The van der Waals surface area contributed by atoms with Gasteiger partial charge in [0, 0.05) is 11.9 Å². The molecule has 2 atom stereocenters. The van der Waals surface area contributed by atoms with Gasteiger partial charge in [-0.2, -0.15) is 12.6 Å². The van der Waals surface area contributed by atoms with Crippen molar-refractivity contribution in [2.24, 2.45) is 0 Å². The van der Waals surface area contributed by atoms with Crippen LogP contribution in [-0.4, -0.2) is 23.4 Å². The molecule has 0 amide bonds. The average Bonchev–Trinajstić information content (AvgIpc) is 2.30. The number of nitrogens with zero attached hydrogens (tertiary/aromatic N) is 1. The zero-order valence-electron chi connectivity index (χ0n) is 9.26. The van der Waals surface area contributed by atoms with Gasteiger partial charge in [-0.1, -0.05) is 30.3 Å². The molecule has 1 heterocycles. The Morgan fingerprint density at radius 3 is 2.73 bits per heavy atom. The van der Waals surface area contributed by atoms with Crippen molar-refractivity contribution in [3.63, 3.8) is 0 Å². The fraction of sp³-hybridized carbons (Fsp3) is 0.538. The van der Waals surface area contributed by atoms with E-state index in [0.29, 0.717) is 11.3 Å². The van der Waals surface area contributed by atoms with Crippen LogP contribution in [0.5, 0.6) is 0 Å². The van der Waals surface area contributed by atoms with Crippen LogP contribution in [-0.2, 0) is 0 Å². The van der Waals surface area contributed by atoms with Crippen LogP contribution in [0.1, 0.15) is 31.2 Å². The molecule has 0 aromatic heterocycles. The SMILES string of the molecule is CC(S)N1CCCC(c2ccccc2)C1. The third-order valence-electron chi connectivity index (χ3n) is 3.25. The molecule has 0 aliphatic carbocycles. The molecule has 0 spiro atoms. The first kappa shape index (κ1) is 11.0. The summed E-state index contributed by atoms with van der Waals surface area (Å²) >= 11 is 4.52. The molecular weight excluding hydrogens is 202 g/mol. The fourth-order valence-corrected chi connectivity index (χ4v) is 2.55. The Bertz CT molecular complexity index is 297. The van der Waals surface area contributed by atoms with Crippen LogP contribution in [0.25, 0.3) is 0 Å². The summed E-state index contributed by atoms with van der Waals surface area (Å²) < 4.78 is 0. The van der Waals surface area contributed by atoms with Crippen molar-refractivity contribution in [2.45, 2.75) is 31.1 Å². The number of hydrogen-bond acceptors (Lipinski definition) is 2. The molecule has 1 aliphatic rings. The maximum absolute atomic E-state index is 4.52. The van der Waals surface area contributed by atoms with Gasteiger partial charge in [-0.15, -0.1) is 0 Å². The number of hydrogen-bond donors (Lipinski definition) is 1. The zero-order valence-corrected chi connectivity index (χ0v) is 10.2. The van der Waals surface area contributed by atoms with E-state index in [0.717, 1.165) is 6.54 Å². The lowest BCUT2D eigenvalue weighted by atomic mass is 9.91. The van der Waals surface area contributed by atoms with Gasteiger partial charge in [0.15, 0.2) is 0 Å². The predicted molar refractivity (Wildman–Crippen MR) is 68.4 cm³/mol. The van der Waals surface area contributed by atoms with Crippen molar-refractivity contribution in [1.29, 1.82) is 0 Å². The molecule has 1 aromatic rings. The van der Waals surface area contributed by atoms with Gasteiger partial charge in [0.25, 0.3) is 0 Å². The summed E-state index contributed by atoms with van der Waals surface area (Å²) in [6.45, 7) is 4.53. The van der Waals surface area contributed by atoms with Gasteiger partial charge in [0.2, 0.25) is 0 Å². The Hall–Kier alpha value is -0.470. The molecule has 0 bridgehead atoms. The van der Waals surface area contributed by atoms with E-state index >= 15 is 0 Å². The minimum Gasteiger partial charge on any atom is -0.291 e.